The highest BCUT2D eigenvalue weighted by molar-refractivity contribution is 5.57. The Hall–Kier alpha value is -2.44. The molecule has 0 saturated heterocycles. The highest BCUT2D eigenvalue weighted by atomic mass is 16.6. The number of hydrogen-bond donors (Lipinski definition) is 1. The van der Waals surface area contributed by atoms with Crippen LogP contribution in [0, 0.1) is 27.2 Å². The molecule has 84 valence electrons. The molecule has 1 rings (SSSR count). The number of anilines is 1. The Kier molecular flexibility index (Phi) is 3.54. The molecule has 0 aliphatic rings. The van der Waals surface area contributed by atoms with E-state index in [9.17, 15) is 20.2 Å². The second-order valence-electron chi connectivity index (χ2n) is 3.00. The molecule has 7 nitrogen and oxygen atoms in total. The normalized spacial score (nSPS) is 10.3. The summed E-state index contributed by atoms with van der Waals surface area (Å²) in [5.74, 6) is 0. The van der Waals surface area contributed by atoms with Gasteiger partial charge in [-0.15, -0.1) is 0 Å². The Labute approximate surface area is 90.7 Å². The van der Waals surface area contributed by atoms with Crippen molar-refractivity contribution in [2.75, 3.05) is 5.32 Å². The second kappa shape index (κ2) is 4.87. The summed E-state index contributed by atoms with van der Waals surface area (Å²) in [5.41, 5.74) is 1.16. The zero-order valence-electron chi connectivity index (χ0n) is 8.41. The van der Waals surface area contributed by atoms with E-state index in [1.807, 2.05) is 0 Å². The molecule has 0 amide bonds. The van der Waals surface area contributed by atoms with Crippen molar-refractivity contribution >= 4 is 11.4 Å². The van der Waals surface area contributed by atoms with Crippen molar-refractivity contribution in [3.05, 3.63) is 56.4 Å². The molecule has 0 fully saturated rings. The number of rotatable bonds is 4. The van der Waals surface area contributed by atoms with Gasteiger partial charge < -0.3 is 5.32 Å². The van der Waals surface area contributed by atoms with Crippen LogP contribution in [0.15, 0.2) is 30.6 Å². The molecular formula is C9H9N3O4. The largest absolute Gasteiger partial charge is 0.356 e. The Morgan fingerprint density at radius 2 is 2.00 bits per heavy atom. The lowest BCUT2D eigenvalue weighted by Crippen LogP contribution is -1.95. The van der Waals surface area contributed by atoms with E-state index in [2.05, 4.69) is 5.32 Å². The van der Waals surface area contributed by atoms with Crippen molar-refractivity contribution < 1.29 is 9.85 Å². The molecule has 0 saturated carbocycles. The number of nitro benzene ring substituents is 1. The van der Waals surface area contributed by atoms with E-state index in [1.165, 1.54) is 12.1 Å². The summed E-state index contributed by atoms with van der Waals surface area (Å²) in [6.07, 6.45) is 1.84. The van der Waals surface area contributed by atoms with Gasteiger partial charge in [-0.25, -0.2) is 0 Å². The summed E-state index contributed by atoms with van der Waals surface area (Å²) >= 11 is 0. The van der Waals surface area contributed by atoms with Gasteiger partial charge in [0.1, 0.15) is 0 Å². The third-order valence-electron chi connectivity index (χ3n) is 1.87. The van der Waals surface area contributed by atoms with E-state index in [1.54, 1.807) is 13.0 Å². The van der Waals surface area contributed by atoms with Gasteiger partial charge in [0.15, 0.2) is 0 Å². The lowest BCUT2D eigenvalue weighted by Gasteiger charge is -2.03. The highest BCUT2D eigenvalue weighted by Crippen LogP contribution is 2.21. The third-order valence-corrected chi connectivity index (χ3v) is 1.87. The lowest BCUT2D eigenvalue weighted by atomic mass is 10.2. The van der Waals surface area contributed by atoms with Gasteiger partial charge in [0, 0.05) is 17.8 Å². The molecule has 16 heavy (non-hydrogen) atoms. The van der Waals surface area contributed by atoms with E-state index in [0.29, 0.717) is 5.69 Å². The molecule has 1 aromatic rings. The van der Waals surface area contributed by atoms with Crippen LogP contribution in [0.3, 0.4) is 0 Å². The van der Waals surface area contributed by atoms with E-state index in [4.69, 9.17) is 0 Å². The van der Waals surface area contributed by atoms with Gasteiger partial charge in [0.25, 0.3) is 5.69 Å². The standard InChI is InChI=1S/C9H9N3O4/c1-7-2-3-8(12(15)16)6-9(7)10-4-5-11(13)14/h2-6,10H,1H3/b5-4+. The van der Waals surface area contributed by atoms with E-state index in [-0.39, 0.29) is 5.69 Å². The second-order valence-corrected chi connectivity index (χ2v) is 3.00. The quantitative estimate of drug-likeness (QED) is 0.622. The first-order valence-corrected chi connectivity index (χ1v) is 4.32. The smallest absolute Gasteiger partial charge is 0.271 e. The molecule has 0 aromatic heterocycles. The van der Waals surface area contributed by atoms with Gasteiger partial charge in [-0.1, -0.05) is 6.07 Å². The van der Waals surface area contributed by atoms with Crippen molar-refractivity contribution in [3.63, 3.8) is 0 Å². The maximum Gasteiger partial charge on any atom is 0.271 e. The summed E-state index contributed by atoms with van der Waals surface area (Å²) < 4.78 is 0. The fraction of sp³-hybridized carbons (Fsp3) is 0.111. The Morgan fingerprint density at radius 1 is 1.31 bits per heavy atom. The number of non-ortho nitro benzene ring substituents is 1. The maximum absolute atomic E-state index is 10.5. The van der Waals surface area contributed by atoms with Crippen LogP contribution in [0.25, 0.3) is 0 Å². The molecule has 7 heteroatoms. The Morgan fingerprint density at radius 3 is 2.56 bits per heavy atom. The Bertz CT molecular complexity index is 456. The van der Waals surface area contributed by atoms with Gasteiger partial charge in [0.2, 0.25) is 6.20 Å². The molecule has 0 unspecified atom stereocenters. The summed E-state index contributed by atoms with van der Waals surface area (Å²) in [5, 5.41) is 23.1. The topological polar surface area (TPSA) is 98.3 Å². The maximum atomic E-state index is 10.5. The van der Waals surface area contributed by atoms with Crippen LogP contribution in [-0.4, -0.2) is 9.85 Å². The first-order valence-electron chi connectivity index (χ1n) is 4.32. The average molecular weight is 223 g/mol. The molecule has 0 heterocycles. The Balaban J connectivity index is 2.90. The zero-order valence-corrected chi connectivity index (χ0v) is 8.41. The van der Waals surface area contributed by atoms with Crippen molar-refractivity contribution in [1.82, 2.24) is 0 Å². The van der Waals surface area contributed by atoms with Gasteiger partial charge in [-0.3, -0.25) is 20.2 Å². The molecule has 0 spiro atoms. The van der Waals surface area contributed by atoms with E-state index >= 15 is 0 Å². The van der Waals surface area contributed by atoms with Crippen LogP contribution >= 0.6 is 0 Å². The van der Waals surface area contributed by atoms with Crippen LogP contribution in [0.5, 0.6) is 0 Å². The number of nitrogens with one attached hydrogen (secondary N) is 1. The average Bonchev–Trinajstić information content (AvgIpc) is 2.20. The SMILES string of the molecule is Cc1ccc([N+](=O)[O-])cc1N/C=C/[N+](=O)[O-]. The summed E-state index contributed by atoms with van der Waals surface area (Å²) in [6, 6.07) is 4.26. The van der Waals surface area contributed by atoms with Crippen LogP contribution in [0.2, 0.25) is 0 Å². The minimum absolute atomic E-state index is 0.0670. The number of nitro groups is 2. The van der Waals surface area contributed by atoms with E-state index < -0.39 is 9.85 Å². The predicted molar refractivity (Wildman–Crippen MR) is 57.6 cm³/mol. The van der Waals surface area contributed by atoms with Crippen LogP contribution in [0.4, 0.5) is 11.4 Å². The molecule has 0 bridgehead atoms. The first-order chi connectivity index (χ1) is 7.50. The summed E-state index contributed by atoms with van der Waals surface area (Å²) in [4.78, 5) is 19.4. The van der Waals surface area contributed by atoms with Crippen LogP contribution < -0.4 is 5.32 Å². The molecule has 0 aliphatic carbocycles. The molecule has 0 radical (unpaired) electrons. The van der Waals surface area contributed by atoms with E-state index in [0.717, 1.165) is 18.0 Å². The minimum atomic E-state index is -0.625. The summed E-state index contributed by atoms with van der Waals surface area (Å²) in [6.45, 7) is 1.74. The fourth-order valence-corrected chi connectivity index (χ4v) is 1.07. The molecule has 0 atom stereocenters. The minimum Gasteiger partial charge on any atom is -0.356 e. The van der Waals surface area contributed by atoms with Gasteiger partial charge in [-0.05, 0) is 12.5 Å². The molecular weight excluding hydrogens is 214 g/mol. The number of aryl methyl sites for hydroxylation is 1. The number of hydrogen-bond acceptors (Lipinski definition) is 5. The molecule has 1 aromatic carbocycles. The molecule has 1 N–H and O–H groups in total. The van der Waals surface area contributed by atoms with Crippen LogP contribution in [0.1, 0.15) is 5.56 Å². The fourth-order valence-electron chi connectivity index (χ4n) is 1.07. The first kappa shape index (κ1) is 11.6. The van der Waals surface area contributed by atoms with Crippen molar-refractivity contribution in [1.29, 1.82) is 0 Å². The molecule has 0 aliphatic heterocycles. The number of benzene rings is 1. The van der Waals surface area contributed by atoms with Gasteiger partial charge >= 0.3 is 0 Å². The van der Waals surface area contributed by atoms with Crippen molar-refractivity contribution in [2.45, 2.75) is 6.92 Å². The lowest BCUT2D eigenvalue weighted by molar-refractivity contribution is -0.402. The highest BCUT2D eigenvalue weighted by Gasteiger charge is 2.07. The zero-order chi connectivity index (χ0) is 12.1. The van der Waals surface area contributed by atoms with Gasteiger partial charge in [-0.2, -0.15) is 0 Å². The summed E-state index contributed by atoms with van der Waals surface area (Å²) in [7, 11) is 0. The predicted octanol–water partition coefficient (Wildman–Crippen LogP) is 2.06. The third kappa shape index (κ3) is 3.05. The monoisotopic (exact) mass is 223 g/mol. The van der Waals surface area contributed by atoms with Gasteiger partial charge in [0.05, 0.1) is 16.0 Å². The number of nitrogens with zero attached hydrogens (tertiary/aromatic N) is 2. The van der Waals surface area contributed by atoms with Crippen LogP contribution in [-0.2, 0) is 0 Å². The van der Waals surface area contributed by atoms with Crippen molar-refractivity contribution in [2.24, 2.45) is 0 Å². The van der Waals surface area contributed by atoms with Crippen molar-refractivity contribution in [3.8, 4) is 0 Å².